The molecule has 0 radical (unpaired) electrons. The van der Waals surface area contributed by atoms with Gasteiger partial charge < -0.3 is 21.5 Å². The minimum absolute atomic E-state index is 0.114. The van der Waals surface area contributed by atoms with Crippen LogP contribution in [0.5, 0.6) is 0 Å². The first-order valence-corrected chi connectivity index (χ1v) is 7.43. The molecule has 0 amide bonds. The quantitative estimate of drug-likeness (QED) is 0.682. The van der Waals surface area contributed by atoms with Crippen molar-refractivity contribution in [1.82, 2.24) is 4.90 Å². The van der Waals surface area contributed by atoms with Gasteiger partial charge in [0.15, 0.2) is 0 Å². The Kier molecular flexibility index (Phi) is 6.73. The van der Waals surface area contributed by atoms with Crippen LogP contribution in [0.3, 0.4) is 0 Å². The topological polar surface area (TPSA) is 75.5 Å². The molecule has 0 saturated heterocycles. The molecule has 4 nitrogen and oxygen atoms in total. The number of rotatable bonds is 5. The van der Waals surface area contributed by atoms with E-state index in [2.05, 4.69) is 13.0 Å². The minimum atomic E-state index is -0.477. The molecular weight excluding hydrogens is 274 g/mol. The molecule has 4 heteroatoms. The lowest BCUT2D eigenvalue weighted by atomic mass is 9.95. The number of aliphatic hydroxyl groups is 1. The molecule has 0 bridgehead atoms. The summed E-state index contributed by atoms with van der Waals surface area (Å²) in [6.07, 6.45) is 14.8. The zero-order valence-corrected chi connectivity index (χ0v) is 13.8. The van der Waals surface area contributed by atoms with Crippen LogP contribution in [0.1, 0.15) is 20.8 Å². The van der Waals surface area contributed by atoms with Crippen LogP contribution >= 0.6 is 0 Å². The molecule has 0 aromatic carbocycles. The van der Waals surface area contributed by atoms with Crippen molar-refractivity contribution in [2.75, 3.05) is 7.05 Å². The summed E-state index contributed by atoms with van der Waals surface area (Å²) >= 11 is 0. The molecule has 5 N–H and O–H groups in total. The third kappa shape index (κ3) is 5.30. The van der Waals surface area contributed by atoms with Gasteiger partial charge in [-0.05, 0) is 31.6 Å². The minimum Gasteiger partial charge on any atom is -0.399 e. The number of hydrogen-bond donors (Lipinski definition) is 3. The summed E-state index contributed by atoms with van der Waals surface area (Å²) in [5.41, 5.74) is 15.4. The van der Waals surface area contributed by atoms with E-state index >= 15 is 0 Å². The lowest BCUT2D eigenvalue weighted by Crippen LogP contribution is -2.16. The van der Waals surface area contributed by atoms with Crippen molar-refractivity contribution in [3.63, 3.8) is 0 Å². The van der Waals surface area contributed by atoms with Crippen molar-refractivity contribution in [1.29, 1.82) is 0 Å². The molecule has 0 spiro atoms. The number of allylic oxidation sites excluding steroid dienone is 7. The van der Waals surface area contributed by atoms with Crippen molar-refractivity contribution in [2.45, 2.75) is 26.9 Å². The van der Waals surface area contributed by atoms with Crippen molar-refractivity contribution in [3.05, 3.63) is 71.4 Å². The Hall–Kier alpha value is -2.20. The zero-order valence-electron chi connectivity index (χ0n) is 13.8. The Morgan fingerprint density at radius 1 is 1.36 bits per heavy atom. The first-order valence-electron chi connectivity index (χ1n) is 7.43. The molecule has 120 valence electrons. The van der Waals surface area contributed by atoms with Gasteiger partial charge in [-0.2, -0.15) is 0 Å². The third-order valence-corrected chi connectivity index (χ3v) is 3.43. The fourth-order valence-electron chi connectivity index (χ4n) is 2.11. The average Bonchev–Trinajstić information content (AvgIpc) is 2.46. The third-order valence-electron chi connectivity index (χ3n) is 3.43. The first kappa shape index (κ1) is 17.9. The van der Waals surface area contributed by atoms with Gasteiger partial charge in [-0.3, -0.25) is 0 Å². The van der Waals surface area contributed by atoms with Crippen LogP contribution in [0.25, 0.3) is 0 Å². The Labute approximate surface area is 133 Å². The van der Waals surface area contributed by atoms with E-state index in [0.717, 1.165) is 22.7 Å². The van der Waals surface area contributed by atoms with E-state index in [0.29, 0.717) is 0 Å². The second-order valence-corrected chi connectivity index (χ2v) is 5.44. The monoisotopic (exact) mass is 301 g/mol. The highest BCUT2D eigenvalue weighted by Gasteiger charge is 2.12. The van der Waals surface area contributed by atoms with E-state index in [1.165, 1.54) is 0 Å². The number of aliphatic hydroxyl groups excluding tert-OH is 1. The summed E-state index contributed by atoms with van der Waals surface area (Å²) in [5.74, 6) is 0.114. The molecule has 1 aliphatic heterocycles. The summed E-state index contributed by atoms with van der Waals surface area (Å²) in [5, 5.41) is 9.31. The summed E-state index contributed by atoms with van der Waals surface area (Å²) < 4.78 is 0. The van der Waals surface area contributed by atoms with Gasteiger partial charge in [-0.1, -0.05) is 37.3 Å². The highest BCUT2D eigenvalue weighted by molar-refractivity contribution is 5.39. The summed E-state index contributed by atoms with van der Waals surface area (Å²) in [6, 6.07) is 0. The second kappa shape index (κ2) is 8.29. The number of nitrogens with two attached hydrogens (primary N) is 2. The fourth-order valence-corrected chi connectivity index (χ4v) is 2.11. The molecular formula is C18H27N3O. The maximum Gasteiger partial charge on any atom is 0.0695 e. The van der Waals surface area contributed by atoms with E-state index in [1.54, 1.807) is 13.0 Å². The fraction of sp³-hybridized carbons (Fsp3) is 0.333. The van der Waals surface area contributed by atoms with Crippen LogP contribution < -0.4 is 11.5 Å². The predicted octanol–water partition coefficient (Wildman–Crippen LogP) is 2.53. The standard InChI is InChI=1S/C18H27N3O/c1-5-18(20)17(8-6-7-14(3)22)13(2)11-16-12-15(19)9-10-21(16)4/h5-14,22H,19-20H2,1-4H3/b7-6-,16-11+,17-8-,18-5+. The van der Waals surface area contributed by atoms with Crippen molar-refractivity contribution < 1.29 is 5.11 Å². The van der Waals surface area contributed by atoms with Gasteiger partial charge in [0.1, 0.15) is 0 Å². The zero-order chi connectivity index (χ0) is 16.7. The number of nitrogens with zero attached hydrogens (tertiary/aromatic N) is 1. The van der Waals surface area contributed by atoms with Gasteiger partial charge in [0.2, 0.25) is 0 Å². The van der Waals surface area contributed by atoms with E-state index in [4.69, 9.17) is 11.5 Å². The summed E-state index contributed by atoms with van der Waals surface area (Å²) in [7, 11) is 1.98. The number of likely N-dealkylation sites (N-methyl/N-ethyl adjacent to an activating group) is 1. The average molecular weight is 301 g/mol. The molecule has 2 unspecified atom stereocenters. The predicted molar refractivity (Wildman–Crippen MR) is 93.3 cm³/mol. The van der Waals surface area contributed by atoms with Crippen molar-refractivity contribution in [3.8, 4) is 0 Å². The van der Waals surface area contributed by atoms with E-state index < -0.39 is 6.10 Å². The van der Waals surface area contributed by atoms with Crippen LogP contribution in [0.15, 0.2) is 71.4 Å². The van der Waals surface area contributed by atoms with Gasteiger partial charge in [-0.15, -0.1) is 0 Å². The Bertz CT molecular complexity index is 563. The lowest BCUT2D eigenvalue weighted by molar-refractivity contribution is 0.244. The van der Waals surface area contributed by atoms with Gasteiger partial charge in [0, 0.05) is 36.3 Å². The molecule has 22 heavy (non-hydrogen) atoms. The van der Waals surface area contributed by atoms with Crippen LogP contribution in [-0.2, 0) is 0 Å². The maximum atomic E-state index is 9.31. The largest absolute Gasteiger partial charge is 0.399 e. The van der Waals surface area contributed by atoms with E-state index in [9.17, 15) is 5.11 Å². The highest BCUT2D eigenvalue weighted by Crippen LogP contribution is 2.22. The van der Waals surface area contributed by atoms with E-state index in [1.807, 2.05) is 55.5 Å². The molecule has 1 rings (SSSR count). The highest BCUT2D eigenvalue weighted by atomic mass is 16.3. The Morgan fingerprint density at radius 3 is 2.64 bits per heavy atom. The molecule has 1 heterocycles. The second-order valence-electron chi connectivity index (χ2n) is 5.44. The molecule has 0 aromatic heterocycles. The SMILES string of the molecule is C\C=C(N)/C(=C\C=C/C(C)O)C(C)/C=C1\C=C(N)C=CN1C. The Morgan fingerprint density at radius 2 is 2.05 bits per heavy atom. The van der Waals surface area contributed by atoms with Crippen LogP contribution in [0, 0.1) is 5.92 Å². The van der Waals surface area contributed by atoms with Crippen molar-refractivity contribution >= 4 is 0 Å². The summed E-state index contributed by atoms with van der Waals surface area (Å²) in [4.78, 5) is 2.02. The van der Waals surface area contributed by atoms with Gasteiger partial charge in [0.05, 0.1) is 6.10 Å². The van der Waals surface area contributed by atoms with Gasteiger partial charge in [0.25, 0.3) is 0 Å². The summed E-state index contributed by atoms with van der Waals surface area (Å²) in [6.45, 7) is 5.71. The molecule has 2 atom stereocenters. The Balaban J connectivity index is 3.08. The van der Waals surface area contributed by atoms with Crippen LogP contribution in [-0.4, -0.2) is 23.2 Å². The smallest absolute Gasteiger partial charge is 0.0695 e. The normalized spacial score (nSPS) is 21.4. The van der Waals surface area contributed by atoms with E-state index in [-0.39, 0.29) is 5.92 Å². The molecule has 0 saturated carbocycles. The van der Waals surface area contributed by atoms with Crippen LogP contribution in [0.2, 0.25) is 0 Å². The molecule has 0 fully saturated rings. The van der Waals surface area contributed by atoms with Crippen molar-refractivity contribution in [2.24, 2.45) is 17.4 Å². The lowest BCUT2D eigenvalue weighted by Gasteiger charge is -2.22. The molecule has 0 aliphatic carbocycles. The van der Waals surface area contributed by atoms with Gasteiger partial charge in [-0.25, -0.2) is 0 Å². The van der Waals surface area contributed by atoms with Crippen LogP contribution in [0.4, 0.5) is 0 Å². The molecule has 1 aliphatic rings. The molecule has 0 aromatic rings. The van der Waals surface area contributed by atoms with Gasteiger partial charge >= 0.3 is 0 Å². The number of hydrogen-bond acceptors (Lipinski definition) is 4. The maximum absolute atomic E-state index is 9.31. The first-order chi connectivity index (χ1) is 10.3.